The Balaban J connectivity index is 0.00000324. The van der Waals surface area contributed by atoms with Crippen LogP contribution in [0.1, 0.15) is 27.7 Å². The molecule has 0 aromatic rings. The Kier molecular flexibility index (Phi) is 5.85. The minimum absolute atomic E-state index is 0. The Hall–Kier alpha value is -0.350. The fourth-order valence-electron chi connectivity index (χ4n) is 1.53. The summed E-state index contributed by atoms with van der Waals surface area (Å²) >= 11 is 0. The second kappa shape index (κ2) is 5.96. The zero-order valence-corrected chi connectivity index (χ0v) is 14.3. The first-order valence-electron chi connectivity index (χ1n) is 5.22. The molecule has 8 nitrogen and oxygen atoms in total. The van der Waals surface area contributed by atoms with Crippen molar-refractivity contribution >= 4 is 22.3 Å². The van der Waals surface area contributed by atoms with Gasteiger partial charge in [0.2, 0.25) is 0 Å². The van der Waals surface area contributed by atoms with E-state index in [0.29, 0.717) is 0 Å². The van der Waals surface area contributed by atoms with Gasteiger partial charge in [0, 0.05) is 0 Å². The van der Waals surface area contributed by atoms with Crippen LogP contribution < -0.4 is 34.9 Å². The number of β-lactam (4-membered cyclic amide) rings is 1. The van der Waals surface area contributed by atoms with E-state index in [1.165, 1.54) is 6.92 Å². The summed E-state index contributed by atoms with van der Waals surface area (Å²) in [4.78, 5) is 22.8. The molecular formula is C9H15N2NaO6S. The third kappa shape index (κ3) is 4.60. The third-order valence-corrected chi connectivity index (χ3v) is 3.24. The van der Waals surface area contributed by atoms with Crippen LogP contribution in [0.15, 0.2) is 0 Å². The molecule has 0 saturated carbocycles. The average Bonchev–Trinajstić information content (AvgIpc) is 2.09. The number of hydrogen-bond acceptors (Lipinski definition) is 6. The molecule has 1 aliphatic heterocycles. The number of rotatable bonds is 2. The van der Waals surface area contributed by atoms with Gasteiger partial charge in [-0.3, -0.25) is 4.79 Å². The van der Waals surface area contributed by atoms with Gasteiger partial charge in [-0.15, -0.1) is 0 Å². The summed E-state index contributed by atoms with van der Waals surface area (Å²) in [6, 6.07) is -1.96. The van der Waals surface area contributed by atoms with Gasteiger partial charge in [0.15, 0.2) is 10.3 Å². The van der Waals surface area contributed by atoms with Gasteiger partial charge >= 0.3 is 35.7 Å². The zero-order chi connectivity index (χ0) is 14.3. The summed E-state index contributed by atoms with van der Waals surface area (Å²) in [5.41, 5.74) is -0.732. The number of nitrogens with zero attached hydrogens (tertiary/aromatic N) is 1. The molecule has 1 N–H and O–H groups in total. The van der Waals surface area contributed by atoms with E-state index < -0.39 is 40.0 Å². The Morgan fingerprint density at radius 3 is 2.21 bits per heavy atom. The molecule has 0 spiro atoms. The van der Waals surface area contributed by atoms with Gasteiger partial charge < -0.3 is 14.6 Å². The van der Waals surface area contributed by atoms with Crippen molar-refractivity contribution in [3.05, 3.63) is 0 Å². The van der Waals surface area contributed by atoms with Gasteiger partial charge in [-0.1, -0.05) is 0 Å². The van der Waals surface area contributed by atoms with E-state index >= 15 is 0 Å². The molecular weight excluding hydrogens is 287 g/mol. The number of carbonyl (C=O) groups is 2. The fourth-order valence-corrected chi connectivity index (χ4v) is 2.39. The minimum Gasteiger partial charge on any atom is -0.731 e. The Bertz CT molecular complexity index is 472. The van der Waals surface area contributed by atoms with E-state index in [9.17, 15) is 22.6 Å². The normalized spacial score (nSPS) is 23.2. The van der Waals surface area contributed by atoms with Crippen LogP contribution in [0.25, 0.3) is 0 Å². The summed E-state index contributed by atoms with van der Waals surface area (Å²) < 4.78 is 37.2. The maximum Gasteiger partial charge on any atom is 1.00 e. The number of alkyl carbamates (subject to hydrolysis) is 1. The molecule has 10 heteroatoms. The van der Waals surface area contributed by atoms with E-state index in [2.05, 4.69) is 5.32 Å². The maximum absolute atomic E-state index is 11.4. The smallest absolute Gasteiger partial charge is 0.731 e. The Labute approximate surface area is 134 Å². The van der Waals surface area contributed by atoms with Gasteiger partial charge in [0.25, 0.3) is 5.91 Å². The molecule has 1 rings (SSSR count). The summed E-state index contributed by atoms with van der Waals surface area (Å²) in [6.07, 6.45) is -0.837. The van der Waals surface area contributed by atoms with Gasteiger partial charge in [-0.05, 0) is 27.7 Å². The second-order valence-corrected chi connectivity index (χ2v) is 6.21. The molecule has 2 atom stereocenters. The summed E-state index contributed by atoms with van der Waals surface area (Å²) in [5.74, 6) is -0.955. The fraction of sp³-hybridized carbons (Fsp3) is 0.778. The van der Waals surface area contributed by atoms with Gasteiger partial charge in [0.05, 0.1) is 6.04 Å². The molecule has 1 aliphatic rings. The zero-order valence-electron chi connectivity index (χ0n) is 11.5. The van der Waals surface area contributed by atoms with Crippen molar-refractivity contribution in [1.29, 1.82) is 0 Å². The van der Waals surface area contributed by atoms with Crippen LogP contribution in [-0.2, 0) is 19.8 Å². The molecule has 1 saturated heterocycles. The number of carbonyl (C=O) groups excluding carboxylic acids is 2. The maximum atomic E-state index is 11.4. The van der Waals surface area contributed by atoms with E-state index in [1.54, 1.807) is 20.8 Å². The van der Waals surface area contributed by atoms with E-state index in [1.807, 2.05) is 0 Å². The predicted octanol–water partition coefficient (Wildman–Crippen LogP) is -3.43. The first-order valence-corrected chi connectivity index (χ1v) is 6.58. The molecule has 2 amide bonds. The minimum atomic E-state index is -4.83. The standard InChI is InChI=1S/C9H16N2O6S.Na/c1-5-6(7(12)11(5)18(14,15)16)10-8(13)17-9(2,3)4;/h5-6H,1-4H3,(H,10,13)(H,14,15,16);/q;+1/p-1/t5?,6-;/m0./s1. The van der Waals surface area contributed by atoms with Gasteiger partial charge in [-0.25, -0.2) is 17.5 Å². The summed E-state index contributed by atoms with van der Waals surface area (Å²) in [6.45, 7) is 6.28. The van der Waals surface area contributed by atoms with Crippen LogP contribution in [0.3, 0.4) is 0 Å². The second-order valence-electron chi connectivity index (χ2n) is 4.96. The SMILES string of the molecule is CC1[C@H](NC(=O)OC(C)(C)C)C(=O)N1S(=O)(=O)[O-].[Na+]. The van der Waals surface area contributed by atoms with Crippen molar-refractivity contribution in [2.24, 2.45) is 0 Å². The van der Waals surface area contributed by atoms with E-state index in [4.69, 9.17) is 4.74 Å². The van der Waals surface area contributed by atoms with Crippen molar-refractivity contribution in [3.8, 4) is 0 Å². The molecule has 0 aromatic carbocycles. The van der Waals surface area contributed by atoms with Crippen LogP contribution in [0.2, 0.25) is 0 Å². The molecule has 104 valence electrons. The number of amides is 2. The van der Waals surface area contributed by atoms with Crippen molar-refractivity contribution in [2.45, 2.75) is 45.4 Å². The average molecular weight is 302 g/mol. The largest absolute Gasteiger partial charge is 1.00 e. The molecule has 1 unspecified atom stereocenters. The Morgan fingerprint density at radius 2 is 1.89 bits per heavy atom. The van der Waals surface area contributed by atoms with Crippen LogP contribution in [0, 0.1) is 0 Å². The van der Waals surface area contributed by atoms with E-state index in [-0.39, 0.29) is 33.9 Å². The van der Waals surface area contributed by atoms with Crippen LogP contribution in [-0.4, -0.2) is 47.0 Å². The van der Waals surface area contributed by atoms with Crippen molar-refractivity contribution in [3.63, 3.8) is 0 Å². The molecule has 0 aromatic heterocycles. The van der Waals surface area contributed by atoms with Crippen LogP contribution in [0.4, 0.5) is 4.79 Å². The topological polar surface area (TPSA) is 116 Å². The number of ether oxygens (including phenoxy) is 1. The summed E-state index contributed by atoms with van der Waals surface area (Å²) in [7, 11) is -4.83. The first kappa shape index (κ1) is 18.7. The van der Waals surface area contributed by atoms with Gasteiger partial charge in [-0.2, -0.15) is 0 Å². The van der Waals surface area contributed by atoms with Crippen molar-refractivity contribution < 1.29 is 56.9 Å². The third-order valence-electron chi connectivity index (χ3n) is 2.25. The van der Waals surface area contributed by atoms with Gasteiger partial charge in [0.1, 0.15) is 11.6 Å². The quantitative estimate of drug-likeness (QED) is 0.322. The van der Waals surface area contributed by atoms with Crippen LogP contribution in [0.5, 0.6) is 0 Å². The Morgan fingerprint density at radius 1 is 1.42 bits per heavy atom. The van der Waals surface area contributed by atoms with Crippen molar-refractivity contribution in [2.75, 3.05) is 0 Å². The molecule has 0 aliphatic carbocycles. The summed E-state index contributed by atoms with van der Waals surface area (Å²) in [5, 5.41) is 2.22. The van der Waals surface area contributed by atoms with Crippen LogP contribution >= 0.6 is 0 Å². The molecule has 1 fully saturated rings. The van der Waals surface area contributed by atoms with E-state index in [0.717, 1.165) is 0 Å². The predicted molar refractivity (Wildman–Crippen MR) is 59.2 cm³/mol. The molecule has 0 radical (unpaired) electrons. The molecule has 19 heavy (non-hydrogen) atoms. The number of hydrogen-bond donors (Lipinski definition) is 1. The first-order chi connectivity index (χ1) is 7.93. The monoisotopic (exact) mass is 302 g/mol. The molecule has 0 bridgehead atoms. The molecule has 1 heterocycles. The van der Waals surface area contributed by atoms with Crippen molar-refractivity contribution in [1.82, 2.24) is 9.62 Å². The number of nitrogens with one attached hydrogen (secondary N) is 1.